The summed E-state index contributed by atoms with van der Waals surface area (Å²) < 4.78 is 33.6. The molecule has 0 aromatic heterocycles. The molecule has 2 N–H and O–H groups in total. The molecule has 9 heteroatoms. The third-order valence-electron chi connectivity index (χ3n) is 4.89. The van der Waals surface area contributed by atoms with Crippen LogP contribution in [-0.4, -0.2) is 49.9 Å². The highest BCUT2D eigenvalue weighted by molar-refractivity contribution is 7.90. The summed E-state index contributed by atoms with van der Waals surface area (Å²) in [6, 6.07) is 10.7. The van der Waals surface area contributed by atoms with E-state index in [0.29, 0.717) is 35.8 Å². The lowest BCUT2D eigenvalue weighted by molar-refractivity contribution is -0.119. The van der Waals surface area contributed by atoms with Crippen LogP contribution >= 0.6 is 0 Å². The highest BCUT2D eigenvalue weighted by Gasteiger charge is 2.39. The number of rotatable bonds is 3. The number of benzene rings is 2. The number of likely N-dealkylation sites (tertiary alicyclic amines) is 1. The molecule has 2 aliphatic heterocycles. The second-order valence-electron chi connectivity index (χ2n) is 6.61. The fourth-order valence-electron chi connectivity index (χ4n) is 3.58. The monoisotopic (exact) mass is 401 g/mol. The van der Waals surface area contributed by atoms with E-state index in [4.69, 9.17) is 4.74 Å². The van der Waals surface area contributed by atoms with Crippen molar-refractivity contribution in [2.24, 2.45) is 4.40 Å². The number of carbonyl (C=O) groups excluding carboxylic acids is 1. The van der Waals surface area contributed by atoms with E-state index in [1.165, 1.54) is 19.2 Å². The van der Waals surface area contributed by atoms with Crippen LogP contribution in [0, 0.1) is 0 Å². The first-order chi connectivity index (χ1) is 13.4. The van der Waals surface area contributed by atoms with Crippen LogP contribution in [0.15, 0.2) is 51.8 Å². The number of fused-ring (bicyclic) bond motifs is 1. The first kappa shape index (κ1) is 18.3. The number of ether oxygens (including phenoxy) is 1. The Morgan fingerprint density at radius 3 is 2.82 bits per heavy atom. The van der Waals surface area contributed by atoms with Crippen molar-refractivity contribution in [3.05, 3.63) is 48.0 Å². The second-order valence-corrected chi connectivity index (χ2v) is 8.19. The van der Waals surface area contributed by atoms with Gasteiger partial charge in [0, 0.05) is 23.9 Å². The number of amides is 1. The maximum Gasteiger partial charge on any atom is 0.285 e. The van der Waals surface area contributed by atoms with Gasteiger partial charge in [-0.25, -0.2) is 0 Å². The Balaban J connectivity index is 1.59. The van der Waals surface area contributed by atoms with E-state index in [9.17, 15) is 18.3 Å². The van der Waals surface area contributed by atoms with Crippen LogP contribution in [0.4, 0.5) is 5.69 Å². The number of methoxy groups -OCH3 is 1. The summed E-state index contributed by atoms with van der Waals surface area (Å²) in [4.78, 5) is 14.8. The van der Waals surface area contributed by atoms with Crippen molar-refractivity contribution in [2.75, 3.05) is 19.0 Å². The van der Waals surface area contributed by atoms with Crippen molar-refractivity contribution < 1.29 is 23.1 Å². The Hall–Kier alpha value is -3.07. The van der Waals surface area contributed by atoms with Gasteiger partial charge in [-0.05, 0) is 37.1 Å². The fourth-order valence-corrected chi connectivity index (χ4v) is 4.80. The molecule has 8 nitrogen and oxygen atoms in total. The van der Waals surface area contributed by atoms with Gasteiger partial charge in [-0.2, -0.15) is 8.42 Å². The van der Waals surface area contributed by atoms with Crippen molar-refractivity contribution in [3.8, 4) is 11.5 Å². The minimum Gasteiger partial charge on any atom is -0.504 e. The molecule has 2 heterocycles. The highest BCUT2D eigenvalue weighted by atomic mass is 32.2. The molecule has 2 aliphatic rings. The number of phenolic OH excluding ortho intramolecular Hbond substituents is 1. The molecule has 0 aliphatic carbocycles. The summed E-state index contributed by atoms with van der Waals surface area (Å²) in [5, 5.41) is 12.7. The van der Waals surface area contributed by atoms with Gasteiger partial charge in [-0.3, -0.25) is 4.79 Å². The summed E-state index contributed by atoms with van der Waals surface area (Å²) >= 11 is 0. The van der Waals surface area contributed by atoms with Gasteiger partial charge >= 0.3 is 0 Å². The lowest BCUT2D eigenvalue weighted by Gasteiger charge is -2.25. The molecule has 1 fully saturated rings. The molecule has 28 heavy (non-hydrogen) atoms. The van der Waals surface area contributed by atoms with Crippen molar-refractivity contribution in [1.29, 1.82) is 0 Å². The molecule has 0 spiro atoms. The van der Waals surface area contributed by atoms with Gasteiger partial charge in [0.1, 0.15) is 10.9 Å². The van der Waals surface area contributed by atoms with Crippen LogP contribution in [0.2, 0.25) is 0 Å². The lowest BCUT2D eigenvalue weighted by Crippen LogP contribution is -2.43. The Bertz CT molecular complexity index is 1080. The number of anilines is 1. The summed E-state index contributed by atoms with van der Waals surface area (Å²) in [5.41, 5.74) is 0.945. The Morgan fingerprint density at radius 1 is 1.29 bits per heavy atom. The maximum atomic E-state index is 12.9. The highest BCUT2D eigenvalue weighted by Crippen LogP contribution is 2.32. The average Bonchev–Trinajstić information content (AvgIpc) is 3.25. The van der Waals surface area contributed by atoms with Crippen LogP contribution in [0.5, 0.6) is 11.5 Å². The molecule has 1 saturated heterocycles. The number of phenols is 1. The van der Waals surface area contributed by atoms with Gasteiger partial charge in [0.15, 0.2) is 17.3 Å². The van der Waals surface area contributed by atoms with Gasteiger partial charge in [0.2, 0.25) is 5.91 Å². The van der Waals surface area contributed by atoms with E-state index in [0.717, 1.165) is 6.42 Å². The molecule has 1 atom stereocenters. The number of hydrogen-bond donors (Lipinski definition) is 2. The summed E-state index contributed by atoms with van der Waals surface area (Å²) in [7, 11) is -2.30. The summed E-state index contributed by atoms with van der Waals surface area (Å²) in [6.07, 6.45) is 1.32. The largest absolute Gasteiger partial charge is 0.504 e. The molecule has 4 rings (SSSR count). The zero-order chi connectivity index (χ0) is 19.9. The number of hydrogen-bond acceptors (Lipinski definition) is 6. The fraction of sp³-hybridized carbons (Fsp3) is 0.263. The number of aromatic hydroxyl groups is 1. The minimum atomic E-state index is -3.75. The van der Waals surface area contributed by atoms with Gasteiger partial charge in [-0.1, -0.05) is 12.1 Å². The first-order valence-electron chi connectivity index (χ1n) is 8.79. The summed E-state index contributed by atoms with van der Waals surface area (Å²) in [6.45, 7) is 0.536. The Morgan fingerprint density at radius 2 is 2.07 bits per heavy atom. The van der Waals surface area contributed by atoms with Gasteiger partial charge in [-0.15, -0.1) is 4.40 Å². The number of nitrogens with one attached hydrogen (secondary N) is 1. The maximum absolute atomic E-state index is 12.9. The minimum absolute atomic E-state index is 0.0798. The van der Waals surface area contributed by atoms with Gasteiger partial charge in [0.25, 0.3) is 10.0 Å². The number of sulfonamides is 1. The van der Waals surface area contributed by atoms with E-state index in [2.05, 4.69) is 9.71 Å². The van der Waals surface area contributed by atoms with E-state index in [-0.39, 0.29) is 16.6 Å². The van der Waals surface area contributed by atoms with Crippen molar-refractivity contribution in [3.63, 3.8) is 0 Å². The third-order valence-corrected chi connectivity index (χ3v) is 6.21. The number of carbonyl (C=O) groups is 1. The van der Waals surface area contributed by atoms with E-state index in [1.54, 1.807) is 35.2 Å². The van der Waals surface area contributed by atoms with Gasteiger partial charge < -0.3 is 20.1 Å². The quantitative estimate of drug-likeness (QED) is 0.814. The molecule has 146 valence electrons. The summed E-state index contributed by atoms with van der Waals surface area (Å²) in [5.74, 6) is 0.253. The molecule has 0 unspecified atom stereocenters. The molecule has 2 aromatic carbocycles. The zero-order valence-corrected chi connectivity index (χ0v) is 15.9. The van der Waals surface area contributed by atoms with Crippen molar-refractivity contribution in [1.82, 2.24) is 4.90 Å². The molecule has 0 radical (unpaired) electrons. The second kappa shape index (κ2) is 6.83. The van der Waals surface area contributed by atoms with Crippen LogP contribution < -0.4 is 10.1 Å². The molecule has 2 aromatic rings. The van der Waals surface area contributed by atoms with Crippen molar-refractivity contribution >= 4 is 27.5 Å². The Labute approximate surface area is 162 Å². The standard InChI is InChI=1S/C19H19N3O5S/c1-27-16-9-8-12(11-15(16)23)20-19(24)14-6-4-10-22(14)18-13-5-2-3-7-17(13)28(25,26)21-18/h2-3,5,7-9,11,14,23H,4,6,10H2,1H3,(H,20,24)/t14-/m0/s1. The van der Waals surface area contributed by atoms with Crippen LogP contribution in [0.3, 0.4) is 0 Å². The molecule has 1 amide bonds. The first-order valence-corrected chi connectivity index (χ1v) is 10.2. The van der Waals surface area contributed by atoms with E-state index < -0.39 is 16.1 Å². The predicted octanol–water partition coefficient (Wildman–Crippen LogP) is 1.95. The molecule has 0 saturated carbocycles. The number of amidine groups is 1. The van der Waals surface area contributed by atoms with Crippen LogP contribution in [0.1, 0.15) is 18.4 Å². The SMILES string of the molecule is COc1ccc(NC(=O)[C@@H]2CCCN2C2=NS(=O)(=O)c3ccccc32)cc1O. The van der Waals surface area contributed by atoms with E-state index >= 15 is 0 Å². The third kappa shape index (κ3) is 3.07. The predicted molar refractivity (Wildman–Crippen MR) is 103 cm³/mol. The van der Waals surface area contributed by atoms with E-state index in [1.807, 2.05) is 0 Å². The number of nitrogens with zero attached hydrogens (tertiary/aromatic N) is 2. The van der Waals surface area contributed by atoms with Crippen LogP contribution in [-0.2, 0) is 14.8 Å². The smallest absolute Gasteiger partial charge is 0.285 e. The van der Waals surface area contributed by atoms with Gasteiger partial charge in [0.05, 0.1) is 7.11 Å². The van der Waals surface area contributed by atoms with Crippen molar-refractivity contribution in [2.45, 2.75) is 23.8 Å². The lowest BCUT2D eigenvalue weighted by atomic mass is 10.1. The topological polar surface area (TPSA) is 108 Å². The Kier molecular flexibility index (Phi) is 4.46. The molecule has 0 bridgehead atoms. The average molecular weight is 401 g/mol. The van der Waals surface area contributed by atoms with Crippen LogP contribution in [0.25, 0.3) is 0 Å². The molecular formula is C19H19N3O5S. The zero-order valence-electron chi connectivity index (χ0n) is 15.1. The molecular weight excluding hydrogens is 382 g/mol. The normalized spacial score (nSPS) is 19.8.